The molecule has 3 N–H and O–H groups in total. The molecule has 1 saturated heterocycles. The number of nitrogens with zero attached hydrogens (tertiary/aromatic N) is 2. The van der Waals surface area contributed by atoms with Crippen molar-refractivity contribution < 1.29 is 0 Å². The van der Waals surface area contributed by atoms with Crippen molar-refractivity contribution in [1.82, 2.24) is 26.1 Å². The van der Waals surface area contributed by atoms with Crippen LogP contribution in [-0.4, -0.2) is 43.1 Å². The van der Waals surface area contributed by atoms with Gasteiger partial charge in [-0.15, -0.1) is 0 Å². The molecule has 0 radical (unpaired) electrons. The molecule has 0 amide bonds. The molecule has 1 aromatic carbocycles. The minimum Gasteiger partial charge on any atom is -0.316 e. The highest BCUT2D eigenvalue weighted by Crippen LogP contribution is 2.23. The minimum atomic E-state index is 0.335. The molecule has 1 aromatic heterocycles. The van der Waals surface area contributed by atoms with Crippen LogP contribution < -0.4 is 16.2 Å². The van der Waals surface area contributed by atoms with Crippen LogP contribution in [0.4, 0.5) is 0 Å². The highest BCUT2D eigenvalue weighted by Gasteiger charge is 2.27. The van der Waals surface area contributed by atoms with Gasteiger partial charge in [-0.25, -0.2) is 5.43 Å². The summed E-state index contributed by atoms with van der Waals surface area (Å²) in [5.41, 5.74) is 9.28. The van der Waals surface area contributed by atoms with Gasteiger partial charge < -0.3 is 10.2 Å². The van der Waals surface area contributed by atoms with Gasteiger partial charge in [0.05, 0.1) is 6.04 Å². The fraction of sp³-hybridized carbons (Fsp3) is 0.450. The molecule has 1 fully saturated rings. The number of aromatic nitrogens is 1. The molecule has 2 heterocycles. The zero-order valence-electron chi connectivity index (χ0n) is 15.0. The van der Waals surface area contributed by atoms with Crippen molar-refractivity contribution in [3.63, 3.8) is 0 Å². The van der Waals surface area contributed by atoms with Crippen LogP contribution in [0.1, 0.15) is 23.6 Å². The van der Waals surface area contributed by atoms with Crippen molar-refractivity contribution in [2.24, 2.45) is 5.92 Å². The zero-order chi connectivity index (χ0) is 17.3. The number of rotatable bonds is 9. The summed E-state index contributed by atoms with van der Waals surface area (Å²) in [7, 11) is 2.19. The molecule has 0 aliphatic carbocycles. The monoisotopic (exact) mass is 339 g/mol. The van der Waals surface area contributed by atoms with Crippen LogP contribution in [0.15, 0.2) is 54.9 Å². The van der Waals surface area contributed by atoms with E-state index in [2.05, 4.69) is 69.5 Å². The van der Waals surface area contributed by atoms with Crippen LogP contribution in [-0.2, 0) is 6.54 Å². The molecule has 2 unspecified atom stereocenters. The van der Waals surface area contributed by atoms with Crippen molar-refractivity contribution in [3.05, 3.63) is 66.0 Å². The lowest BCUT2D eigenvalue weighted by Gasteiger charge is -2.20. The van der Waals surface area contributed by atoms with Gasteiger partial charge in [-0.05, 0) is 43.8 Å². The van der Waals surface area contributed by atoms with Crippen LogP contribution in [0.5, 0.6) is 0 Å². The Balaban J connectivity index is 1.33. The van der Waals surface area contributed by atoms with Crippen LogP contribution in [0.25, 0.3) is 0 Å². The topological polar surface area (TPSA) is 52.2 Å². The average molecular weight is 339 g/mol. The first-order chi connectivity index (χ1) is 12.3. The van der Waals surface area contributed by atoms with Crippen LogP contribution >= 0.6 is 0 Å². The third kappa shape index (κ3) is 5.61. The third-order valence-corrected chi connectivity index (χ3v) is 4.73. The molecular formula is C20H29N5. The summed E-state index contributed by atoms with van der Waals surface area (Å²) in [5, 5.41) is 3.62. The molecule has 2 aromatic rings. The van der Waals surface area contributed by atoms with Gasteiger partial charge in [0.15, 0.2) is 0 Å². The molecule has 1 aliphatic heterocycles. The molecular weight excluding hydrogens is 310 g/mol. The van der Waals surface area contributed by atoms with Crippen molar-refractivity contribution in [2.45, 2.75) is 19.0 Å². The Bertz CT molecular complexity index is 604. The summed E-state index contributed by atoms with van der Waals surface area (Å²) in [4.78, 5) is 6.62. The quantitative estimate of drug-likeness (QED) is 0.610. The molecule has 3 rings (SSSR count). The van der Waals surface area contributed by atoms with Gasteiger partial charge >= 0.3 is 0 Å². The highest BCUT2D eigenvalue weighted by atomic mass is 15.4. The predicted molar refractivity (Wildman–Crippen MR) is 102 cm³/mol. The molecule has 0 saturated carbocycles. The van der Waals surface area contributed by atoms with Crippen molar-refractivity contribution >= 4 is 0 Å². The zero-order valence-corrected chi connectivity index (χ0v) is 15.0. The second kappa shape index (κ2) is 9.63. The number of hydrogen-bond acceptors (Lipinski definition) is 5. The summed E-state index contributed by atoms with van der Waals surface area (Å²) >= 11 is 0. The maximum Gasteiger partial charge on any atom is 0.0530 e. The van der Waals surface area contributed by atoms with E-state index in [4.69, 9.17) is 0 Å². The largest absolute Gasteiger partial charge is 0.316 e. The molecule has 134 valence electrons. The van der Waals surface area contributed by atoms with Crippen LogP contribution in [0, 0.1) is 5.92 Å². The van der Waals surface area contributed by atoms with Crippen LogP contribution in [0.2, 0.25) is 0 Å². The Hall–Kier alpha value is -1.79. The second-order valence-corrected chi connectivity index (χ2v) is 6.83. The van der Waals surface area contributed by atoms with E-state index >= 15 is 0 Å². The highest BCUT2D eigenvalue weighted by molar-refractivity contribution is 5.16. The van der Waals surface area contributed by atoms with Gasteiger partial charge in [-0.1, -0.05) is 36.4 Å². The summed E-state index contributed by atoms with van der Waals surface area (Å²) in [6.45, 7) is 5.17. The average Bonchev–Trinajstić information content (AvgIpc) is 3.11. The fourth-order valence-electron chi connectivity index (χ4n) is 3.38. The first-order valence-corrected chi connectivity index (χ1v) is 9.14. The van der Waals surface area contributed by atoms with E-state index in [0.29, 0.717) is 12.0 Å². The van der Waals surface area contributed by atoms with E-state index in [1.165, 1.54) is 11.1 Å². The predicted octanol–water partition coefficient (Wildman–Crippen LogP) is 1.96. The summed E-state index contributed by atoms with van der Waals surface area (Å²) in [6.07, 6.45) is 4.94. The van der Waals surface area contributed by atoms with E-state index in [1.54, 1.807) is 0 Å². The molecule has 5 heteroatoms. The van der Waals surface area contributed by atoms with Crippen molar-refractivity contribution in [1.29, 1.82) is 0 Å². The van der Waals surface area contributed by atoms with E-state index in [-0.39, 0.29) is 0 Å². The van der Waals surface area contributed by atoms with Gasteiger partial charge in [0.1, 0.15) is 0 Å². The van der Waals surface area contributed by atoms with Crippen LogP contribution in [0.3, 0.4) is 0 Å². The van der Waals surface area contributed by atoms with E-state index in [9.17, 15) is 0 Å². The maximum atomic E-state index is 4.23. The summed E-state index contributed by atoms with van der Waals surface area (Å²) in [5.74, 6) is 0.547. The number of pyridine rings is 1. The molecule has 1 aliphatic rings. The van der Waals surface area contributed by atoms with E-state index in [0.717, 1.165) is 39.1 Å². The summed E-state index contributed by atoms with van der Waals surface area (Å²) in [6, 6.07) is 15.1. The lowest BCUT2D eigenvalue weighted by atomic mass is 9.96. The van der Waals surface area contributed by atoms with Gasteiger partial charge in [-0.2, -0.15) is 0 Å². The number of nitrogens with one attached hydrogen (secondary N) is 3. The first-order valence-electron chi connectivity index (χ1n) is 9.14. The van der Waals surface area contributed by atoms with Crippen molar-refractivity contribution in [3.8, 4) is 0 Å². The number of hydrogen-bond donors (Lipinski definition) is 3. The van der Waals surface area contributed by atoms with Gasteiger partial charge in [0.2, 0.25) is 0 Å². The summed E-state index contributed by atoms with van der Waals surface area (Å²) < 4.78 is 0. The second-order valence-electron chi connectivity index (χ2n) is 6.83. The van der Waals surface area contributed by atoms with Gasteiger partial charge in [0, 0.05) is 37.9 Å². The molecule has 0 spiro atoms. The number of benzene rings is 1. The van der Waals surface area contributed by atoms with Gasteiger partial charge in [0.25, 0.3) is 0 Å². The Morgan fingerprint density at radius 1 is 1.20 bits per heavy atom. The third-order valence-electron chi connectivity index (χ3n) is 4.73. The molecule has 2 atom stereocenters. The molecule has 25 heavy (non-hydrogen) atoms. The minimum absolute atomic E-state index is 0.335. The molecule has 0 bridgehead atoms. The van der Waals surface area contributed by atoms with Crippen molar-refractivity contribution in [2.75, 3.05) is 33.2 Å². The Kier molecular flexibility index (Phi) is 6.94. The lowest BCUT2D eigenvalue weighted by Crippen LogP contribution is -2.30. The Labute approximate surface area is 150 Å². The van der Waals surface area contributed by atoms with E-state index < -0.39 is 0 Å². The normalized spacial score (nSPS) is 20.2. The van der Waals surface area contributed by atoms with Gasteiger partial charge in [-0.3, -0.25) is 10.4 Å². The Morgan fingerprint density at radius 2 is 2.08 bits per heavy atom. The molecule has 5 nitrogen and oxygen atoms in total. The van der Waals surface area contributed by atoms with E-state index in [1.807, 2.05) is 18.5 Å². The fourth-order valence-corrected chi connectivity index (χ4v) is 3.38. The Morgan fingerprint density at radius 3 is 2.88 bits per heavy atom. The smallest absolute Gasteiger partial charge is 0.0530 e. The SMILES string of the molecule is CN(CCCNCC1CNNC1c1cccnc1)Cc1ccccc1. The maximum absolute atomic E-state index is 4.23. The number of hydrazine groups is 1. The first kappa shape index (κ1) is 18.0. The standard InChI is InChI=1S/C20H29N5/c1-25(16-17-7-3-2-4-8-17)12-6-11-22-14-19-15-23-24-20(19)18-9-5-10-21-13-18/h2-5,7-10,13,19-20,22-24H,6,11-12,14-16H2,1H3. The lowest BCUT2D eigenvalue weighted by molar-refractivity contribution is 0.317.